The van der Waals surface area contributed by atoms with Gasteiger partial charge in [0.1, 0.15) is 0 Å². The molecule has 1 fully saturated rings. The Morgan fingerprint density at radius 2 is 1.62 bits per heavy atom. The van der Waals surface area contributed by atoms with Crippen LogP contribution in [0.25, 0.3) is 0 Å². The van der Waals surface area contributed by atoms with Gasteiger partial charge in [-0.3, -0.25) is 0 Å². The van der Waals surface area contributed by atoms with E-state index in [1.807, 2.05) is 0 Å². The summed E-state index contributed by atoms with van der Waals surface area (Å²) in [5.41, 5.74) is -0.850. The van der Waals surface area contributed by atoms with Gasteiger partial charge in [0.15, 0.2) is 14.9 Å². The quantitative estimate of drug-likeness (QED) is 0.723. The van der Waals surface area contributed by atoms with E-state index in [0.717, 1.165) is 10.6 Å². The molecule has 1 N–H and O–H groups in total. The molecule has 0 bridgehead atoms. The van der Waals surface area contributed by atoms with E-state index in [9.17, 15) is 21.9 Å². The van der Waals surface area contributed by atoms with Gasteiger partial charge in [0.2, 0.25) is 10.0 Å². The van der Waals surface area contributed by atoms with Crippen LogP contribution in [0.4, 0.5) is 0 Å². The van der Waals surface area contributed by atoms with Gasteiger partial charge in [-0.1, -0.05) is 0 Å². The van der Waals surface area contributed by atoms with Gasteiger partial charge in [-0.2, -0.15) is 0 Å². The van der Waals surface area contributed by atoms with Crippen LogP contribution < -0.4 is 0 Å². The van der Waals surface area contributed by atoms with E-state index < -0.39 is 30.5 Å². The second-order valence-corrected chi connectivity index (χ2v) is 9.03. The van der Waals surface area contributed by atoms with Crippen molar-refractivity contribution in [2.75, 3.05) is 24.4 Å². The zero-order chi connectivity index (χ0) is 12.6. The lowest BCUT2D eigenvalue weighted by molar-refractivity contribution is 0.0127. The fourth-order valence-corrected chi connectivity index (χ4v) is 5.09. The van der Waals surface area contributed by atoms with Crippen molar-refractivity contribution in [3.63, 3.8) is 0 Å². The monoisotopic (exact) mass is 271 g/mol. The third-order valence-corrected chi connectivity index (χ3v) is 6.61. The number of hydrogen-bond acceptors (Lipinski definition) is 5. The summed E-state index contributed by atoms with van der Waals surface area (Å²) in [6.45, 7) is 1.99. The summed E-state index contributed by atoms with van der Waals surface area (Å²) < 4.78 is 46.4. The minimum Gasteiger partial charge on any atom is -0.390 e. The number of sulfonamides is 1. The van der Waals surface area contributed by atoms with Crippen LogP contribution in [-0.4, -0.2) is 56.3 Å². The number of sulfone groups is 1. The van der Waals surface area contributed by atoms with Crippen molar-refractivity contribution in [3.8, 4) is 0 Å². The van der Waals surface area contributed by atoms with E-state index in [-0.39, 0.29) is 13.1 Å². The molecule has 8 heteroatoms. The Morgan fingerprint density at radius 1 is 1.19 bits per heavy atom. The first kappa shape index (κ1) is 13.9. The highest BCUT2D eigenvalue weighted by molar-refractivity contribution is 8.06. The Morgan fingerprint density at radius 3 is 2.00 bits per heavy atom. The summed E-state index contributed by atoms with van der Waals surface area (Å²) in [5, 5.41) is 8.79. The second kappa shape index (κ2) is 4.25. The zero-order valence-electron chi connectivity index (χ0n) is 9.38. The first-order valence-corrected chi connectivity index (χ1v) is 8.57. The maximum atomic E-state index is 11.7. The molecule has 1 aliphatic heterocycles. The lowest BCUT2D eigenvalue weighted by Gasteiger charge is -2.34. The predicted molar refractivity (Wildman–Crippen MR) is 60.1 cm³/mol. The average Bonchev–Trinajstić information content (AvgIpc) is 1.98. The first-order valence-electron chi connectivity index (χ1n) is 4.90. The number of piperidine rings is 1. The van der Waals surface area contributed by atoms with Gasteiger partial charge in [-0.15, -0.1) is 0 Å². The van der Waals surface area contributed by atoms with Gasteiger partial charge < -0.3 is 5.11 Å². The lowest BCUT2D eigenvalue weighted by Crippen LogP contribution is -2.46. The van der Waals surface area contributed by atoms with E-state index in [1.54, 1.807) is 6.92 Å². The summed E-state index contributed by atoms with van der Waals surface area (Å²) >= 11 is 0. The number of hydrogen-bond donors (Lipinski definition) is 1. The van der Waals surface area contributed by atoms with Crippen molar-refractivity contribution in [1.29, 1.82) is 0 Å². The topological polar surface area (TPSA) is 91.8 Å². The van der Waals surface area contributed by atoms with E-state index in [1.165, 1.54) is 0 Å². The fourth-order valence-electron chi connectivity index (χ4n) is 1.59. The van der Waals surface area contributed by atoms with Crippen LogP contribution in [0.1, 0.15) is 19.8 Å². The molecule has 1 heterocycles. The molecule has 1 rings (SSSR count). The third kappa shape index (κ3) is 4.00. The van der Waals surface area contributed by atoms with Gasteiger partial charge in [0.05, 0.1) is 5.60 Å². The standard InChI is InChI=1S/C8H17NO5S2/c1-8(10)3-5-9(6-4-8)16(13,14)7-15(2,11)12/h10H,3-7H2,1-2H3. The van der Waals surface area contributed by atoms with Crippen LogP contribution in [0.2, 0.25) is 0 Å². The maximum Gasteiger partial charge on any atom is 0.228 e. The van der Waals surface area contributed by atoms with Gasteiger partial charge in [-0.05, 0) is 19.8 Å². The fraction of sp³-hybridized carbons (Fsp3) is 1.00. The molecule has 0 spiro atoms. The molecule has 16 heavy (non-hydrogen) atoms. The molecule has 0 atom stereocenters. The van der Waals surface area contributed by atoms with Gasteiger partial charge >= 0.3 is 0 Å². The molecule has 0 aromatic rings. The normalized spacial score (nSPS) is 23.2. The molecule has 0 aromatic heterocycles. The van der Waals surface area contributed by atoms with Crippen LogP contribution in [0.3, 0.4) is 0 Å². The van der Waals surface area contributed by atoms with Crippen molar-refractivity contribution in [2.45, 2.75) is 25.4 Å². The minimum atomic E-state index is -3.76. The third-order valence-electron chi connectivity index (χ3n) is 2.56. The van der Waals surface area contributed by atoms with E-state index in [4.69, 9.17) is 0 Å². The van der Waals surface area contributed by atoms with Crippen LogP contribution in [-0.2, 0) is 19.9 Å². The largest absolute Gasteiger partial charge is 0.390 e. The highest BCUT2D eigenvalue weighted by Gasteiger charge is 2.34. The van der Waals surface area contributed by atoms with Crippen molar-refractivity contribution in [3.05, 3.63) is 0 Å². The smallest absolute Gasteiger partial charge is 0.228 e. The summed E-state index contributed by atoms with van der Waals surface area (Å²) in [6.07, 6.45) is 1.55. The van der Waals surface area contributed by atoms with Crippen LogP contribution in [0.5, 0.6) is 0 Å². The number of nitrogens with zero attached hydrogens (tertiary/aromatic N) is 1. The SMILES string of the molecule is CC1(O)CCN(S(=O)(=O)CS(C)(=O)=O)CC1. The Bertz CT molecular complexity index is 441. The van der Waals surface area contributed by atoms with Crippen LogP contribution in [0.15, 0.2) is 0 Å². The molecule has 1 saturated heterocycles. The summed E-state index contributed by atoms with van der Waals surface area (Å²) in [5.74, 6) is 0. The molecule has 0 saturated carbocycles. The molecule has 96 valence electrons. The Balaban J connectivity index is 2.73. The lowest BCUT2D eigenvalue weighted by atomic mass is 9.95. The van der Waals surface area contributed by atoms with Crippen LogP contribution >= 0.6 is 0 Å². The highest BCUT2D eigenvalue weighted by atomic mass is 32.3. The van der Waals surface area contributed by atoms with E-state index in [0.29, 0.717) is 12.8 Å². The molecular weight excluding hydrogens is 254 g/mol. The number of rotatable bonds is 3. The Labute approximate surface area is 96.2 Å². The van der Waals surface area contributed by atoms with Crippen molar-refractivity contribution < 1.29 is 21.9 Å². The molecule has 0 aliphatic carbocycles. The van der Waals surface area contributed by atoms with Gasteiger partial charge in [0, 0.05) is 19.3 Å². The van der Waals surface area contributed by atoms with E-state index >= 15 is 0 Å². The molecule has 0 radical (unpaired) electrons. The highest BCUT2D eigenvalue weighted by Crippen LogP contribution is 2.23. The van der Waals surface area contributed by atoms with Crippen molar-refractivity contribution in [1.82, 2.24) is 4.31 Å². The molecule has 6 nitrogen and oxygen atoms in total. The minimum absolute atomic E-state index is 0.171. The maximum absolute atomic E-state index is 11.7. The molecular formula is C8H17NO5S2. The summed E-state index contributed by atoms with van der Waals surface area (Å²) in [4.78, 5) is 0. The summed E-state index contributed by atoms with van der Waals surface area (Å²) in [7, 11) is -7.31. The van der Waals surface area contributed by atoms with Gasteiger partial charge in [-0.25, -0.2) is 21.1 Å². The summed E-state index contributed by atoms with van der Waals surface area (Å²) in [6, 6.07) is 0. The second-order valence-electron chi connectivity index (χ2n) is 4.55. The first-order chi connectivity index (χ1) is 7.02. The predicted octanol–water partition coefficient (Wildman–Crippen LogP) is -0.835. The Hall–Kier alpha value is -0.180. The van der Waals surface area contributed by atoms with Crippen LogP contribution in [0, 0.1) is 0 Å². The molecule has 1 aliphatic rings. The molecule has 0 unspecified atom stereocenters. The average molecular weight is 271 g/mol. The zero-order valence-corrected chi connectivity index (χ0v) is 11.0. The molecule has 0 amide bonds. The molecule has 0 aromatic carbocycles. The van der Waals surface area contributed by atoms with Gasteiger partial charge in [0.25, 0.3) is 0 Å². The van der Waals surface area contributed by atoms with E-state index in [2.05, 4.69) is 0 Å². The van der Waals surface area contributed by atoms with Crippen molar-refractivity contribution >= 4 is 19.9 Å². The van der Waals surface area contributed by atoms with Crippen molar-refractivity contribution in [2.24, 2.45) is 0 Å². The Kier molecular flexibility index (Phi) is 3.68. The number of aliphatic hydroxyl groups is 1.